The third-order valence-electron chi connectivity index (χ3n) is 3.66. The number of benzene rings is 1. The number of hydrogen-bond donors (Lipinski definition) is 1. The summed E-state index contributed by atoms with van der Waals surface area (Å²) in [6, 6.07) is 4.47. The van der Waals surface area contributed by atoms with Gasteiger partial charge in [0, 0.05) is 30.4 Å². The second-order valence-electron chi connectivity index (χ2n) is 5.11. The average Bonchev–Trinajstić information content (AvgIpc) is 2.93. The van der Waals surface area contributed by atoms with Crippen molar-refractivity contribution in [2.24, 2.45) is 0 Å². The van der Waals surface area contributed by atoms with Gasteiger partial charge in [0.2, 0.25) is 5.91 Å². The maximum Gasteiger partial charge on any atom is 0.274 e. The number of carbonyl (C=O) groups is 1. The number of nitro groups is 1. The Hall–Kier alpha value is -2.11. The highest BCUT2D eigenvalue weighted by Crippen LogP contribution is 2.25. The molecule has 2 rings (SSSR count). The summed E-state index contributed by atoms with van der Waals surface area (Å²) in [5, 5.41) is 14.0. The smallest absolute Gasteiger partial charge is 0.274 e. The standard InChI is InChI=1S/C14H19N3O3/c1-10-12(6-5-7-13(10)17(19)20)15-11(2)14(18)16-8-3-4-9-16/h5-7,11,15H,3-4,8-9H2,1-2H3. The molecule has 1 N–H and O–H groups in total. The largest absolute Gasteiger partial charge is 0.373 e. The van der Waals surface area contributed by atoms with Crippen LogP contribution in [0.3, 0.4) is 0 Å². The second-order valence-corrected chi connectivity index (χ2v) is 5.11. The first-order chi connectivity index (χ1) is 9.50. The van der Waals surface area contributed by atoms with E-state index in [0.717, 1.165) is 25.9 Å². The molecule has 1 amide bonds. The lowest BCUT2D eigenvalue weighted by Gasteiger charge is -2.22. The third kappa shape index (κ3) is 2.89. The molecule has 0 saturated carbocycles. The first-order valence-electron chi connectivity index (χ1n) is 6.80. The SMILES string of the molecule is Cc1c(NC(C)C(=O)N2CCCC2)cccc1[N+](=O)[O-]. The second kappa shape index (κ2) is 5.90. The van der Waals surface area contributed by atoms with E-state index in [2.05, 4.69) is 5.32 Å². The molecule has 108 valence electrons. The maximum atomic E-state index is 12.2. The van der Waals surface area contributed by atoms with E-state index in [1.807, 2.05) is 4.90 Å². The molecule has 0 aromatic heterocycles. The van der Waals surface area contributed by atoms with Crippen LogP contribution in [-0.4, -0.2) is 34.9 Å². The van der Waals surface area contributed by atoms with Crippen LogP contribution in [0.1, 0.15) is 25.3 Å². The van der Waals surface area contributed by atoms with Crippen LogP contribution in [0, 0.1) is 17.0 Å². The van der Waals surface area contributed by atoms with E-state index in [4.69, 9.17) is 0 Å². The van der Waals surface area contributed by atoms with E-state index in [-0.39, 0.29) is 17.6 Å². The zero-order valence-electron chi connectivity index (χ0n) is 11.8. The monoisotopic (exact) mass is 277 g/mol. The molecule has 1 fully saturated rings. The van der Waals surface area contributed by atoms with E-state index in [0.29, 0.717) is 11.3 Å². The van der Waals surface area contributed by atoms with Crippen molar-refractivity contribution >= 4 is 17.3 Å². The average molecular weight is 277 g/mol. The van der Waals surface area contributed by atoms with Crippen LogP contribution in [0.15, 0.2) is 18.2 Å². The number of nitrogens with one attached hydrogen (secondary N) is 1. The molecular weight excluding hydrogens is 258 g/mol. The van der Waals surface area contributed by atoms with E-state index in [1.54, 1.807) is 26.0 Å². The molecule has 0 aliphatic carbocycles. The van der Waals surface area contributed by atoms with Crippen molar-refractivity contribution in [1.29, 1.82) is 0 Å². The molecule has 1 heterocycles. The van der Waals surface area contributed by atoms with E-state index in [1.165, 1.54) is 6.07 Å². The van der Waals surface area contributed by atoms with Gasteiger partial charge in [-0.3, -0.25) is 14.9 Å². The van der Waals surface area contributed by atoms with Crippen LogP contribution >= 0.6 is 0 Å². The molecule has 6 heteroatoms. The van der Waals surface area contributed by atoms with Gasteiger partial charge in [-0.1, -0.05) is 6.07 Å². The molecule has 0 radical (unpaired) electrons. The van der Waals surface area contributed by atoms with Crippen LogP contribution in [0.25, 0.3) is 0 Å². The van der Waals surface area contributed by atoms with Gasteiger partial charge in [0.1, 0.15) is 6.04 Å². The summed E-state index contributed by atoms with van der Waals surface area (Å²) in [5.41, 5.74) is 1.26. The normalized spacial score (nSPS) is 16.0. The Morgan fingerprint density at radius 2 is 2.05 bits per heavy atom. The molecule has 1 aliphatic rings. The highest BCUT2D eigenvalue weighted by Gasteiger charge is 2.24. The molecule has 1 atom stereocenters. The number of likely N-dealkylation sites (tertiary alicyclic amines) is 1. The fraction of sp³-hybridized carbons (Fsp3) is 0.500. The van der Waals surface area contributed by atoms with Crippen molar-refractivity contribution in [1.82, 2.24) is 4.90 Å². The molecule has 1 aromatic rings. The van der Waals surface area contributed by atoms with Gasteiger partial charge < -0.3 is 10.2 Å². The van der Waals surface area contributed by atoms with Crippen LogP contribution in [0.5, 0.6) is 0 Å². The van der Waals surface area contributed by atoms with E-state index < -0.39 is 4.92 Å². The number of anilines is 1. The van der Waals surface area contributed by atoms with Gasteiger partial charge in [0.15, 0.2) is 0 Å². The summed E-state index contributed by atoms with van der Waals surface area (Å²) in [6.07, 6.45) is 2.10. The predicted octanol–water partition coefficient (Wildman–Crippen LogP) is 2.33. The number of amides is 1. The van der Waals surface area contributed by atoms with Crippen molar-refractivity contribution in [3.63, 3.8) is 0 Å². The molecule has 0 spiro atoms. The lowest BCUT2D eigenvalue weighted by atomic mass is 10.1. The Balaban J connectivity index is 2.11. The Kier molecular flexibility index (Phi) is 4.22. The maximum absolute atomic E-state index is 12.2. The lowest BCUT2D eigenvalue weighted by Crippen LogP contribution is -2.39. The lowest BCUT2D eigenvalue weighted by molar-refractivity contribution is -0.385. The number of nitrogens with zero attached hydrogens (tertiary/aromatic N) is 2. The quantitative estimate of drug-likeness (QED) is 0.677. The highest BCUT2D eigenvalue weighted by molar-refractivity contribution is 5.85. The number of carbonyl (C=O) groups excluding carboxylic acids is 1. The van der Waals surface area contributed by atoms with E-state index in [9.17, 15) is 14.9 Å². The van der Waals surface area contributed by atoms with Gasteiger partial charge in [-0.15, -0.1) is 0 Å². The minimum atomic E-state index is -0.409. The number of hydrogen-bond acceptors (Lipinski definition) is 4. The first-order valence-corrected chi connectivity index (χ1v) is 6.80. The minimum Gasteiger partial charge on any atom is -0.373 e. The van der Waals surface area contributed by atoms with Crippen molar-refractivity contribution in [3.8, 4) is 0 Å². The summed E-state index contributed by atoms with van der Waals surface area (Å²) < 4.78 is 0. The summed E-state index contributed by atoms with van der Waals surface area (Å²) in [4.78, 5) is 24.5. The van der Waals surface area contributed by atoms with Gasteiger partial charge >= 0.3 is 0 Å². The summed E-state index contributed by atoms with van der Waals surface area (Å²) in [6.45, 7) is 5.09. The first kappa shape index (κ1) is 14.3. The minimum absolute atomic E-state index is 0.0495. The van der Waals surface area contributed by atoms with Crippen molar-refractivity contribution in [3.05, 3.63) is 33.9 Å². The topological polar surface area (TPSA) is 75.5 Å². The summed E-state index contributed by atoms with van der Waals surface area (Å²) in [5.74, 6) is 0.0495. The van der Waals surface area contributed by atoms with Gasteiger partial charge in [-0.2, -0.15) is 0 Å². The fourth-order valence-electron chi connectivity index (χ4n) is 2.48. The Bertz CT molecular complexity index is 524. The van der Waals surface area contributed by atoms with Crippen LogP contribution in [0.4, 0.5) is 11.4 Å². The zero-order valence-corrected chi connectivity index (χ0v) is 11.8. The highest BCUT2D eigenvalue weighted by atomic mass is 16.6. The summed E-state index contributed by atoms with van der Waals surface area (Å²) in [7, 11) is 0. The summed E-state index contributed by atoms with van der Waals surface area (Å²) >= 11 is 0. The molecule has 20 heavy (non-hydrogen) atoms. The predicted molar refractivity (Wildman–Crippen MR) is 76.7 cm³/mol. The van der Waals surface area contributed by atoms with Crippen LogP contribution < -0.4 is 5.32 Å². The van der Waals surface area contributed by atoms with Gasteiger partial charge in [-0.25, -0.2) is 0 Å². The molecule has 1 unspecified atom stereocenters. The number of nitro benzene ring substituents is 1. The molecule has 1 saturated heterocycles. The Labute approximate surface area is 117 Å². The fourth-order valence-corrected chi connectivity index (χ4v) is 2.48. The van der Waals surface area contributed by atoms with Gasteiger partial charge in [0.05, 0.1) is 4.92 Å². The molecule has 1 aliphatic heterocycles. The van der Waals surface area contributed by atoms with Crippen molar-refractivity contribution < 1.29 is 9.72 Å². The van der Waals surface area contributed by atoms with Gasteiger partial charge in [0.25, 0.3) is 5.69 Å². The zero-order chi connectivity index (χ0) is 14.7. The Morgan fingerprint density at radius 3 is 2.65 bits per heavy atom. The van der Waals surface area contributed by atoms with Gasteiger partial charge in [-0.05, 0) is 32.8 Å². The van der Waals surface area contributed by atoms with Crippen molar-refractivity contribution in [2.75, 3.05) is 18.4 Å². The molecule has 1 aromatic carbocycles. The Morgan fingerprint density at radius 1 is 1.40 bits per heavy atom. The molecule has 6 nitrogen and oxygen atoms in total. The molecule has 0 bridgehead atoms. The van der Waals surface area contributed by atoms with Crippen molar-refractivity contribution in [2.45, 2.75) is 32.7 Å². The van der Waals surface area contributed by atoms with E-state index >= 15 is 0 Å². The van der Waals surface area contributed by atoms with Crippen LogP contribution in [-0.2, 0) is 4.79 Å². The molecular formula is C14H19N3O3. The van der Waals surface area contributed by atoms with Crippen LogP contribution in [0.2, 0.25) is 0 Å². The number of rotatable bonds is 4. The third-order valence-corrected chi connectivity index (χ3v) is 3.66.